The highest BCUT2D eigenvalue weighted by atomic mass is 32.2. The van der Waals surface area contributed by atoms with E-state index in [-0.39, 0.29) is 29.8 Å². The molecule has 3 aromatic rings. The molecule has 1 aromatic heterocycles. The Morgan fingerprint density at radius 2 is 1.89 bits per heavy atom. The summed E-state index contributed by atoms with van der Waals surface area (Å²) in [4.78, 5) is 12.9. The van der Waals surface area contributed by atoms with Gasteiger partial charge in [0.2, 0.25) is 10.0 Å². The van der Waals surface area contributed by atoms with Crippen molar-refractivity contribution in [3.8, 4) is 0 Å². The molecule has 2 N–H and O–H groups in total. The minimum atomic E-state index is -3.63. The second-order valence-electron chi connectivity index (χ2n) is 5.66. The SMILES string of the molecule is COCCNS(=O)(=O)c1ccc(NC(=O)c2cc3cc(F)ccc3s2)cc1. The Morgan fingerprint density at radius 1 is 1.15 bits per heavy atom. The molecule has 6 nitrogen and oxygen atoms in total. The Morgan fingerprint density at radius 3 is 2.59 bits per heavy atom. The topological polar surface area (TPSA) is 84.5 Å². The molecule has 0 aliphatic rings. The average molecular weight is 408 g/mol. The van der Waals surface area contributed by atoms with Crippen LogP contribution in [0.25, 0.3) is 10.1 Å². The van der Waals surface area contributed by atoms with Gasteiger partial charge in [0, 0.05) is 24.0 Å². The maximum atomic E-state index is 13.3. The molecule has 0 unspecified atom stereocenters. The Bertz CT molecular complexity index is 1060. The first-order valence-electron chi connectivity index (χ1n) is 7.98. The standard InChI is InChI=1S/C18H17FN2O4S2/c1-25-9-8-20-27(23,24)15-5-3-14(4-6-15)21-18(22)17-11-12-10-13(19)2-7-16(12)26-17/h2-7,10-11,20H,8-9H2,1H3,(H,21,22). The van der Waals surface area contributed by atoms with E-state index in [2.05, 4.69) is 10.0 Å². The number of halogens is 1. The average Bonchev–Trinajstić information content (AvgIpc) is 3.05. The van der Waals surface area contributed by atoms with Gasteiger partial charge < -0.3 is 10.1 Å². The van der Waals surface area contributed by atoms with Gasteiger partial charge in [0.25, 0.3) is 5.91 Å². The molecule has 9 heteroatoms. The van der Waals surface area contributed by atoms with Gasteiger partial charge in [-0.15, -0.1) is 11.3 Å². The van der Waals surface area contributed by atoms with Crippen molar-refractivity contribution >= 4 is 43.0 Å². The number of anilines is 1. The van der Waals surface area contributed by atoms with Crippen molar-refractivity contribution in [1.29, 1.82) is 0 Å². The summed E-state index contributed by atoms with van der Waals surface area (Å²) in [6.45, 7) is 0.441. The molecule has 0 saturated carbocycles. The smallest absolute Gasteiger partial charge is 0.265 e. The van der Waals surface area contributed by atoms with Crippen molar-refractivity contribution in [2.45, 2.75) is 4.90 Å². The Kier molecular flexibility index (Phi) is 5.85. The van der Waals surface area contributed by atoms with Crippen molar-refractivity contribution < 1.29 is 22.3 Å². The van der Waals surface area contributed by atoms with Gasteiger partial charge in [-0.05, 0) is 53.9 Å². The third-order valence-electron chi connectivity index (χ3n) is 3.72. The van der Waals surface area contributed by atoms with Crippen molar-refractivity contribution in [2.75, 3.05) is 25.6 Å². The van der Waals surface area contributed by atoms with Gasteiger partial charge in [-0.2, -0.15) is 0 Å². The molecule has 1 heterocycles. The number of sulfonamides is 1. The van der Waals surface area contributed by atoms with Gasteiger partial charge in [0.1, 0.15) is 5.82 Å². The van der Waals surface area contributed by atoms with E-state index in [0.29, 0.717) is 16.0 Å². The van der Waals surface area contributed by atoms with Crippen molar-refractivity contribution in [1.82, 2.24) is 4.72 Å². The first-order chi connectivity index (χ1) is 12.9. The zero-order chi connectivity index (χ0) is 19.4. The molecule has 0 saturated heterocycles. The minimum Gasteiger partial charge on any atom is -0.383 e. The second kappa shape index (κ2) is 8.13. The highest BCUT2D eigenvalue weighted by Crippen LogP contribution is 2.27. The number of carbonyl (C=O) groups excluding carboxylic acids is 1. The monoisotopic (exact) mass is 408 g/mol. The van der Waals surface area contributed by atoms with Crippen molar-refractivity contribution in [3.05, 3.63) is 59.2 Å². The molecular formula is C18H17FN2O4S2. The van der Waals surface area contributed by atoms with Gasteiger partial charge in [0.15, 0.2) is 0 Å². The van der Waals surface area contributed by atoms with Crippen LogP contribution in [0, 0.1) is 5.82 Å². The number of thiophene rings is 1. The molecule has 0 fully saturated rings. The first kappa shape index (κ1) is 19.4. The summed E-state index contributed by atoms with van der Waals surface area (Å²) >= 11 is 1.26. The van der Waals surface area contributed by atoms with Crippen LogP contribution in [0.3, 0.4) is 0 Å². The Labute approximate surface area is 160 Å². The predicted octanol–water partition coefficient (Wildman–Crippen LogP) is 3.22. The van der Waals surface area contributed by atoms with Gasteiger partial charge in [0.05, 0.1) is 16.4 Å². The van der Waals surface area contributed by atoms with Crippen LogP contribution in [-0.4, -0.2) is 34.6 Å². The molecule has 0 spiro atoms. The van der Waals surface area contributed by atoms with E-state index in [9.17, 15) is 17.6 Å². The van der Waals surface area contributed by atoms with Crippen LogP contribution in [0.4, 0.5) is 10.1 Å². The largest absolute Gasteiger partial charge is 0.383 e. The summed E-state index contributed by atoms with van der Waals surface area (Å²) in [6.07, 6.45) is 0. The molecule has 142 valence electrons. The number of hydrogen-bond donors (Lipinski definition) is 2. The zero-order valence-corrected chi connectivity index (χ0v) is 16.0. The summed E-state index contributed by atoms with van der Waals surface area (Å²) in [7, 11) is -2.14. The number of rotatable bonds is 7. The molecule has 0 bridgehead atoms. The third-order valence-corrected chi connectivity index (χ3v) is 6.31. The predicted molar refractivity (Wildman–Crippen MR) is 103 cm³/mol. The summed E-state index contributed by atoms with van der Waals surface area (Å²) < 4.78 is 45.5. The summed E-state index contributed by atoms with van der Waals surface area (Å²) in [5.74, 6) is -0.700. The van der Waals surface area contributed by atoms with Crippen LogP contribution >= 0.6 is 11.3 Å². The lowest BCUT2D eigenvalue weighted by Gasteiger charge is -2.08. The summed E-state index contributed by atoms with van der Waals surface area (Å²) in [5.41, 5.74) is 0.458. The number of ether oxygens (including phenoxy) is 1. The molecule has 0 radical (unpaired) electrons. The lowest BCUT2D eigenvalue weighted by atomic mass is 10.2. The third kappa shape index (κ3) is 4.69. The molecular weight excluding hydrogens is 391 g/mol. The summed E-state index contributed by atoms with van der Waals surface area (Å²) in [6, 6.07) is 11.8. The number of fused-ring (bicyclic) bond motifs is 1. The van der Waals surface area contributed by atoms with Crippen LogP contribution < -0.4 is 10.0 Å². The van der Waals surface area contributed by atoms with Gasteiger partial charge in [-0.1, -0.05) is 0 Å². The Balaban J connectivity index is 1.70. The first-order valence-corrected chi connectivity index (χ1v) is 10.3. The number of nitrogens with one attached hydrogen (secondary N) is 2. The Hall–Kier alpha value is -2.33. The number of carbonyl (C=O) groups is 1. The molecule has 3 rings (SSSR count). The van der Waals surface area contributed by atoms with E-state index in [4.69, 9.17) is 4.74 Å². The normalized spacial score (nSPS) is 11.6. The van der Waals surface area contributed by atoms with Crippen LogP contribution in [-0.2, 0) is 14.8 Å². The van der Waals surface area contributed by atoms with Crippen LogP contribution in [0.15, 0.2) is 53.4 Å². The fourth-order valence-corrected chi connectivity index (χ4v) is 4.35. The molecule has 0 aliphatic carbocycles. The molecule has 2 aromatic carbocycles. The van der Waals surface area contributed by atoms with Gasteiger partial charge >= 0.3 is 0 Å². The maximum absolute atomic E-state index is 13.3. The van der Waals surface area contributed by atoms with E-state index in [1.165, 1.54) is 54.8 Å². The fraction of sp³-hybridized carbons (Fsp3) is 0.167. The quantitative estimate of drug-likeness (QED) is 0.588. The second-order valence-corrected chi connectivity index (χ2v) is 8.51. The number of hydrogen-bond acceptors (Lipinski definition) is 5. The highest BCUT2D eigenvalue weighted by Gasteiger charge is 2.14. The van der Waals surface area contributed by atoms with Gasteiger partial charge in [-0.3, -0.25) is 4.79 Å². The summed E-state index contributed by atoms with van der Waals surface area (Å²) in [5, 5.41) is 3.37. The molecule has 0 aliphatic heterocycles. The molecule has 1 amide bonds. The van der Waals surface area contributed by atoms with E-state index < -0.39 is 10.0 Å². The number of methoxy groups -OCH3 is 1. The van der Waals surface area contributed by atoms with Crippen molar-refractivity contribution in [3.63, 3.8) is 0 Å². The van der Waals surface area contributed by atoms with E-state index >= 15 is 0 Å². The van der Waals surface area contributed by atoms with E-state index in [1.807, 2.05) is 0 Å². The van der Waals surface area contributed by atoms with E-state index in [0.717, 1.165) is 4.70 Å². The molecule has 0 atom stereocenters. The highest BCUT2D eigenvalue weighted by molar-refractivity contribution is 7.89. The van der Waals surface area contributed by atoms with Crippen LogP contribution in [0.2, 0.25) is 0 Å². The minimum absolute atomic E-state index is 0.0916. The zero-order valence-electron chi connectivity index (χ0n) is 14.4. The fourth-order valence-electron chi connectivity index (χ4n) is 2.40. The molecule has 27 heavy (non-hydrogen) atoms. The number of amides is 1. The van der Waals surface area contributed by atoms with Crippen molar-refractivity contribution in [2.24, 2.45) is 0 Å². The van der Waals surface area contributed by atoms with Crippen LogP contribution in [0.5, 0.6) is 0 Å². The van der Waals surface area contributed by atoms with E-state index in [1.54, 1.807) is 12.1 Å². The number of benzene rings is 2. The van der Waals surface area contributed by atoms with Gasteiger partial charge in [-0.25, -0.2) is 17.5 Å². The maximum Gasteiger partial charge on any atom is 0.265 e. The lowest BCUT2D eigenvalue weighted by molar-refractivity contribution is 0.103. The lowest BCUT2D eigenvalue weighted by Crippen LogP contribution is -2.27. The van der Waals surface area contributed by atoms with Crippen LogP contribution in [0.1, 0.15) is 9.67 Å².